The standard InChI is InChI=1S/C25H18FN7OS/c1-2-22(34)29-15-7-14(9-27-10-15)13-3-4-18-16(8-13)24(33-32-18)25-30-19-12-28-11-17(23(19)31-25)20-5-6-21(26)35-20/h3-12H,2H2,1H3,(H,29,34)(H,30,31)(H,32,33). The Labute approximate surface area is 202 Å². The lowest BCUT2D eigenvalue weighted by Gasteiger charge is -2.06. The Morgan fingerprint density at radius 1 is 1.03 bits per heavy atom. The monoisotopic (exact) mass is 483 g/mol. The smallest absolute Gasteiger partial charge is 0.224 e. The van der Waals surface area contributed by atoms with Crippen LogP contribution in [0.3, 0.4) is 0 Å². The zero-order valence-corrected chi connectivity index (χ0v) is 19.3. The Balaban J connectivity index is 1.43. The predicted octanol–water partition coefficient (Wildman–Crippen LogP) is 5.78. The number of thiophene rings is 1. The van der Waals surface area contributed by atoms with E-state index in [2.05, 4.69) is 30.5 Å². The first-order valence-corrected chi connectivity index (χ1v) is 11.7. The molecule has 0 aliphatic heterocycles. The molecule has 5 heterocycles. The topological polar surface area (TPSA) is 112 Å². The molecule has 0 unspecified atom stereocenters. The number of rotatable bonds is 5. The van der Waals surface area contributed by atoms with Crippen molar-refractivity contribution in [3.8, 4) is 33.1 Å². The maximum Gasteiger partial charge on any atom is 0.224 e. The van der Waals surface area contributed by atoms with E-state index in [1.165, 1.54) is 6.07 Å². The van der Waals surface area contributed by atoms with E-state index in [9.17, 15) is 9.18 Å². The first-order valence-electron chi connectivity index (χ1n) is 10.9. The van der Waals surface area contributed by atoms with E-state index >= 15 is 0 Å². The van der Waals surface area contributed by atoms with Gasteiger partial charge in [0.15, 0.2) is 11.0 Å². The number of anilines is 1. The van der Waals surface area contributed by atoms with Gasteiger partial charge in [-0.2, -0.15) is 9.49 Å². The predicted molar refractivity (Wildman–Crippen MR) is 134 cm³/mol. The van der Waals surface area contributed by atoms with Crippen molar-refractivity contribution in [2.45, 2.75) is 13.3 Å². The molecular weight excluding hydrogens is 465 g/mol. The third-order valence-electron chi connectivity index (χ3n) is 5.70. The molecule has 1 aromatic carbocycles. The van der Waals surface area contributed by atoms with Crippen LogP contribution in [0.15, 0.2) is 61.2 Å². The maximum atomic E-state index is 13.6. The second kappa shape index (κ2) is 8.41. The Bertz CT molecular complexity index is 1720. The first kappa shape index (κ1) is 21.1. The van der Waals surface area contributed by atoms with E-state index in [-0.39, 0.29) is 11.0 Å². The van der Waals surface area contributed by atoms with Gasteiger partial charge in [0.1, 0.15) is 11.2 Å². The number of pyridine rings is 2. The van der Waals surface area contributed by atoms with Crippen molar-refractivity contribution in [2.75, 3.05) is 5.32 Å². The summed E-state index contributed by atoms with van der Waals surface area (Å²) in [5.74, 6) is 0.511. The van der Waals surface area contributed by atoms with Crippen LogP contribution in [0.25, 0.3) is 55.0 Å². The van der Waals surface area contributed by atoms with Gasteiger partial charge in [-0.25, -0.2) is 4.98 Å². The number of carbonyl (C=O) groups excluding carboxylic acids is 1. The fourth-order valence-electron chi connectivity index (χ4n) is 3.97. The van der Waals surface area contributed by atoms with Crippen molar-refractivity contribution in [1.29, 1.82) is 0 Å². The van der Waals surface area contributed by atoms with Gasteiger partial charge in [0.05, 0.1) is 29.1 Å². The van der Waals surface area contributed by atoms with Gasteiger partial charge in [0.25, 0.3) is 0 Å². The molecule has 0 radical (unpaired) electrons. The minimum atomic E-state index is -0.258. The van der Waals surface area contributed by atoms with E-state index in [0.717, 1.165) is 49.3 Å². The van der Waals surface area contributed by atoms with E-state index in [1.807, 2.05) is 24.3 Å². The SMILES string of the molecule is CCC(=O)Nc1cncc(-c2ccc3[nH]nc(-c4nc5c(-c6ccc(F)s6)cncc5[nH]4)c3c2)c1. The third kappa shape index (κ3) is 3.83. The Hall–Kier alpha value is -4.44. The molecule has 6 aromatic rings. The molecule has 0 bridgehead atoms. The lowest BCUT2D eigenvalue weighted by molar-refractivity contribution is -0.115. The van der Waals surface area contributed by atoms with Gasteiger partial charge in [-0.15, -0.1) is 11.3 Å². The fraction of sp³-hybridized carbons (Fsp3) is 0.0800. The molecule has 0 fully saturated rings. The number of carbonyl (C=O) groups is 1. The molecule has 172 valence electrons. The third-order valence-corrected chi connectivity index (χ3v) is 6.60. The van der Waals surface area contributed by atoms with E-state index in [1.54, 1.807) is 37.8 Å². The van der Waals surface area contributed by atoms with Gasteiger partial charge in [0, 0.05) is 40.2 Å². The van der Waals surface area contributed by atoms with Gasteiger partial charge in [-0.1, -0.05) is 13.0 Å². The molecule has 0 spiro atoms. The highest BCUT2D eigenvalue weighted by atomic mass is 32.1. The summed E-state index contributed by atoms with van der Waals surface area (Å²) in [6.45, 7) is 1.80. The van der Waals surface area contributed by atoms with E-state index < -0.39 is 0 Å². The van der Waals surface area contributed by atoms with E-state index in [4.69, 9.17) is 4.98 Å². The molecule has 5 aromatic heterocycles. The quantitative estimate of drug-likeness (QED) is 0.288. The molecule has 0 saturated carbocycles. The van der Waals surface area contributed by atoms with Gasteiger partial charge in [0.2, 0.25) is 5.91 Å². The number of hydrogen-bond acceptors (Lipinski definition) is 6. The second-order valence-corrected chi connectivity index (χ2v) is 9.00. The number of H-pyrrole nitrogens is 2. The van der Waals surface area contributed by atoms with Gasteiger partial charge in [-0.3, -0.25) is 19.9 Å². The highest BCUT2D eigenvalue weighted by Crippen LogP contribution is 2.35. The number of nitrogens with one attached hydrogen (secondary N) is 3. The maximum absolute atomic E-state index is 13.6. The largest absolute Gasteiger partial charge is 0.335 e. The van der Waals surface area contributed by atoms with Crippen molar-refractivity contribution in [1.82, 2.24) is 30.1 Å². The fourth-order valence-corrected chi connectivity index (χ4v) is 4.72. The lowest BCUT2D eigenvalue weighted by Crippen LogP contribution is -2.09. The molecule has 8 nitrogen and oxygen atoms in total. The lowest BCUT2D eigenvalue weighted by atomic mass is 10.0. The number of fused-ring (bicyclic) bond motifs is 2. The second-order valence-electron chi connectivity index (χ2n) is 7.97. The number of aromatic amines is 2. The van der Waals surface area contributed by atoms with Crippen LogP contribution in [-0.2, 0) is 4.79 Å². The number of nitrogens with zero attached hydrogens (tertiary/aromatic N) is 4. The van der Waals surface area contributed by atoms with Crippen LogP contribution in [0.1, 0.15) is 13.3 Å². The summed E-state index contributed by atoms with van der Waals surface area (Å²) in [6, 6.07) is 11.0. The van der Waals surface area contributed by atoms with Gasteiger partial charge < -0.3 is 10.3 Å². The van der Waals surface area contributed by atoms with Crippen LogP contribution in [0.5, 0.6) is 0 Å². The number of imidazole rings is 1. The molecule has 0 atom stereocenters. The normalized spacial score (nSPS) is 11.4. The molecule has 35 heavy (non-hydrogen) atoms. The summed E-state index contributed by atoms with van der Waals surface area (Å²) < 4.78 is 13.6. The average Bonchev–Trinajstić information content (AvgIpc) is 3.61. The van der Waals surface area contributed by atoms with Crippen LogP contribution in [0.4, 0.5) is 10.1 Å². The Morgan fingerprint density at radius 3 is 2.74 bits per heavy atom. The van der Waals surface area contributed by atoms with Crippen LogP contribution in [-0.4, -0.2) is 36.0 Å². The summed E-state index contributed by atoms with van der Waals surface area (Å²) in [7, 11) is 0. The summed E-state index contributed by atoms with van der Waals surface area (Å²) in [5.41, 5.74) is 6.14. The molecule has 6 rings (SSSR count). The van der Waals surface area contributed by atoms with E-state index in [0.29, 0.717) is 29.1 Å². The van der Waals surface area contributed by atoms with Crippen LogP contribution in [0.2, 0.25) is 0 Å². The van der Waals surface area contributed by atoms with Crippen molar-refractivity contribution in [2.24, 2.45) is 0 Å². The molecule has 0 aliphatic rings. The molecule has 0 aliphatic carbocycles. The van der Waals surface area contributed by atoms with Crippen LogP contribution < -0.4 is 5.32 Å². The Kier molecular flexibility index (Phi) is 5.07. The van der Waals surface area contributed by atoms with Crippen LogP contribution in [0, 0.1) is 5.13 Å². The van der Waals surface area contributed by atoms with Crippen molar-refractivity contribution >= 4 is 44.9 Å². The highest BCUT2D eigenvalue weighted by molar-refractivity contribution is 7.14. The number of aromatic nitrogens is 6. The molecular formula is C25H18FN7OS. The van der Waals surface area contributed by atoms with Crippen LogP contribution >= 0.6 is 11.3 Å². The zero-order chi connectivity index (χ0) is 23.9. The van der Waals surface area contributed by atoms with Crippen molar-refractivity contribution in [3.05, 3.63) is 66.3 Å². The summed E-state index contributed by atoms with van der Waals surface area (Å²) >= 11 is 1.06. The van der Waals surface area contributed by atoms with Gasteiger partial charge >= 0.3 is 0 Å². The first-order chi connectivity index (χ1) is 17.1. The summed E-state index contributed by atoms with van der Waals surface area (Å²) in [6.07, 6.45) is 7.16. The molecule has 3 N–H and O–H groups in total. The minimum Gasteiger partial charge on any atom is -0.335 e. The molecule has 0 saturated heterocycles. The summed E-state index contributed by atoms with van der Waals surface area (Å²) in [4.78, 5) is 29.2. The number of hydrogen-bond donors (Lipinski definition) is 3. The highest BCUT2D eigenvalue weighted by Gasteiger charge is 2.17. The number of halogens is 1. The minimum absolute atomic E-state index is 0.0689. The Morgan fingerprint density at radius 2 is 1.91 bits per heavy atom. The number of benzene rings is 1. The molecule has 10 heteroatoms. The number of amides is 1. The zero-order valence-electron chi connectivity index (χ0n) is 18.5. The van der Waals surface area contributed by atoms with Crippen molar-refractivity contribution < 1.29 is 9.18 Å². The summed E-state index contributed by atoms with van der Waals surface area (Å²) in [5, 5.41) is 11.0. The van der Waals surface area contributed by atoms with Crippen molar-refractivity contribution in [3.63, 3.8) is 0 Å². The molecule has 1 amide bonds. The van der Waals surface area contributed by atoms with Gasteiger partial charge in [-0.05, 0) is 35.9 Å². The average molecular weight is 484 g/mol.